The van der Waals surface area contributed by atoms with Crippen molar-refractivity contribution in [3.05, 3.63) is 89.5 Å². The highest BCUT2D eigenvalue weighted by molar-refractivity contribution is 8.01. The Labute approximate surface area is 240 Å². The minimum absolute atomic E-state index is 0.0200. The van der Waals surface area contributed by atoms with Crippen LogP contribution in [0.25, 0.3) is 10.2 Å². The van der Waals surface area contributed by atoms with Crippen molar-refractivity contribution in [1.82, 2.24) is 4.98 Å². The second-order valence-electron chi connectivity index (χ2n) is 9.53. The van der Waals surface area contributed by atoms with Gasteiger partial charge in [0.25, 0.3) is 0 Å². The lowest BCUT2D eigenvalue weighted by molar-refractivity contribution is -0.245. The van der Waals surface area contributed by atoms with Gasteiger partial charge in [-0.25, -0.2) is 4.98 Å². The van der Waals surface area contributed by atoms with Crippen LogP contribution in [0.3, 0.4) is 0 Å². The molecule has 2 heterocycles. The summed E-state index contributed by atoms with van der Waals surface area (Å²) in [6.07, 6.45) is 0.0290. The number of anilines is 1. The van der Waals surface area contributed by atoms with Crippen LogP contribution in [0.2, 0.25) is 0 Å². The molecular weight excluding hydrogens is 548 g/mol. The van der Waals surface area contributed by atoms with Crippen molar-refractivity contribution in [3.8, 4) is 0 Å². The average molecular weight is 579 g/mol. The fourth-order valence-electron chi connectivity index (χ4n) is 4.49. The molecule has 0 unspecified atom stereocenters. The summed E-state index contributed by atoms with van der Waals surface area (Å²) >= 11 is 3.34. The van der Waals surface area contributed by atoms with Crippen LogP contribution in [-0.4, -0.2) is 38.9 Å². The minimum Gasteiger partial charge on any atom is -0.481 e. The Kier molecular flexibility index (Phi) is 9.45. The van der Waals surface area contributed by atoms with Crippen LogP contribution in [-0.2, 0) is 25.7 Å². The van der Waals surface area contributed by atoms with Crippen LogP contribution < -0.4 is 5.32 Å². The quantitative estimate of drug-likeness (QED) is 0.177. The van der Waals surface area contributed by atoms with E-state index in [4.69, 9.17) is 19.6 Å². The number of thiazole rings is 1. The summed E-state index contributed by atoms with van der Waals surface area (Å²) in [6, 6.07) is 23.2. The lowest BCUT2D eigenvalue weighted by Gasteiger charge is -2.36. The van der Waals surface area contributed by atoms with Crippen molar-refractivity contribution in [2.24, 2.45) is 0 Å². The molecule has 3 atom stereocenters. The van der Waals surface area contributed by atoms with E-state index in [-0.39, 0.29) is 44.0 Å². The maximum Gasteiger partial charge on any atom is 0.303 e. The minimum atomic E-state index is -0.919. The van der Waals surface area contributed by atoms with E-state index in [9.17, 15) is 14.7 Å². The fraction of sp³-hybridized carbons (Fsp3) is 0.300. The number of fused-ring (bicyclic) bond motifs is 1. The summed E-state index contributed by atoms with van der Waals surface area (Å²) in [4.78, 5) is 27.8. The van der Waals surface area contributed by atoms with E-state index < -0.39 is 12.3 Å². The summed E-state index contributed by atoms with van der Waals surface area (Å²) in [5.41, 5.74) is 4.20. The summed E-state index contributed by atoms with van der Waals surface area (Å²) in [6.45, 7) is -0.0200. The Morgan fingerprint density at radius 2 is 1.82 bits per heavy atom. The van der Waals surface area contributed by atoms with Gasteiger partial charge in [-0.2, -0.15) is 0 Å². The third-order valence-corrected chi connectivity index (χ3v) is 8.83. The molecule has 1 aromatic heterocycles. The van der Waals surface area contributed by atoms with E-state index in [0.29, 0.717) is 17.9 Å². The van der Waals surface area contributed by atoms with E-state index in [1.165, 1.54) is 0 Å². The summed E-state index contributed by atoms with van der Waals surface area (Å²) in [5, 5.41) is 21.1. The number of rotatable bonds is 11. The van der Waals surface area contributed by atoms with Gasteiger partial charge in [-0.3, -0.25) is 9.59 Å². The number of carboxylic acids is 1. The van der Waals surface area contributed by atoms with Crippen molar-refractivity contribution >= 4 is 50.9 Å². The number of thioether (sulfide) groups is 1. The molecule has 1 aliphatic heterocycles. The van der Waals surface area contributed by atoms with Gasteiger partial charge in [-0.15, -0.1) is 11.3 Å². The van der Waals surface area contributed by atoms with Crippen molar-refractivity contribution in [2.75, 3.05) is 11.1 Å². The first-order valence-corrected chi connectivity index (χ1v) is 14.9. The molecule has 1 aliphatic rings. The third-order valence-electron chi connectivity index (χ3n) is 6.52. The number of nitrogens with one attached hydrogen (secondary N) is 1. The Morgan fingerprint density at radius 3 is 2.60 bits per heavy atom. The summed E-state index contributed by atoms with van der Waals surface area (Å²) < 4.78 is 15.0. The molecule has 0 bridgehead atoms. The monoisotopic (exact) mass is 578 g/mol. The Balaban J connectivity index is 1.31. The standard InChI is InChI=1S/C30H30N2O6S2/c33-17-19-11-13-20(14-12-19)25-16-23(18-39-30-32-24-7-1-2-8-26(24)40-30)37-29(38-25)21-5-3-6-22(15-21)31-27(34)9-4-10-28(35)36/h1-3,5-8,11-15,23,25,29,33H,4,9-10,16-18H2,(H,31,34)(H,35,36)/t23-,25+,29+/m1/s1. The van der Waals surface area contributed by atoms with Crippen molar-refractivity contribution in [2.45, 2.75) is 55.1 Å². The van der Waals surface area contributed by atoms with Crippen LogP contribution in [0.15, 0.2) is 77.1 Å². The van der Waals surface area contributed by atoms with Crippen LogP contribution >= 0.6 is 23.1 Å². The number of carboxylic acid groups (broad SMARTS) is 1. The predicted molar refractivity (Wildman–Crippen MR) is 155 cm³/mol. The zero-order valence-corrected chi connectivity index (χ0v) is 23.3. The molecule has 8 nitrogen and oxygen atoms in total. The van der Waals surface area contributed by atoms with Crippen LogP contribution in [0.4, 0.5) is 5.69 Å². The van der Waals surface area contributed by atoms with Gasteiger partial charge in [0.1, 0.15) is 0 Å². The first-order valence-electron chi connectivity index (χ1n) is 13.1. The highest BCUT2D eigenvalue weighted by Crippen LogP contribution is 2.40. The van der Waals surface area contributed by atoms with Gasteiger partial charge in [-0.1, -0.05) is 60.3 Å². The lowest BCUT2D eigenvalue weighted by Crippen LogP contribution is -2.31. The topological polar surface area (TPSA) is 118 Å². The molecule has 10 heteroatoms. The Morgan fingerprint density at radius 1 is 1.00 bits per heavy atom. The van der Waals surface area contributed by atoms with Gasteiger partial charge in [0.2, 0.25) is 5.91 Å². The smallest absolute Gasteiger partial charge is 0.303 e. The number of nitrogens with zero attached hydrogens (tertiary/aromatic N) is 1. The number of carbonyl (C=O) groups is 2. The van der Waals surface area contributed by atoms with Gasteiger partial charge in [0.05, 0.1) is 29.0 Å². The second-order valence-corrected chi connectivity index (χ2v) is 11.8. The molecular formula is C30H30N2O6S2. The molecule has 3 N–H and O–H groups in total. The molecule has 3 aromatic carbocycles. The lowest BCUT2D eigenvalue weighted by atomic mass is 10.0. The summed E-state index contributed by atoms with van der Waals surface area (Å²) in [7, 11) is 0. The number of benzene rings is 3. The number of ether oxygens (including phenoxy) is 2. The number of hydrogen-bond acceptors (Lipinski definition) is 8. The molecule has 0 radical (unpaired) electrons. The number of aliphatic hydroxyl groups is 1. The summed E-state index contributed by atoms with van der Waals surface area (Å²) in [5.74, 6) is -0.459. The molecule has 0 spiro atoms. The molecule has 208 valence electrons. The molecule has 40 heavy (non-hydrogen) atoms. The number of aliphatic hydroxyl groups excluding tert-OH is 1. The maximum absolute atomic E-state index is 12.3. The fourth-order valence-corrected chi connectivity index (χ4v) is 6.60. The first-order chi connectivity index (χ1) is 19.5. The number of carbonyl (C=O) groups excluding carboxylic acids is 1. The number of aliphatic carboxylic acids is 1. The van der Waals surface area contributed by atoms with Crippen molar-refractivity contribution in [1.29, 1.82) is 0 Å². The number of aromatic nitrogens is 1. The van der Waals surface area contributed by atoms with E-state index in [1.54, 1.807) is 29.2 Å². The van der Waals surface area contributed by atoms with Gasteiger partial charge in [-0.05, 0) is 41.8 Å². The largest absolute Gasteiger partial charge is 0.481 e. The maximum atomic E-state index is 12.3. The van der Waals surface area contributed by atoms with Gasteiger partial charge in [0.15, 0.2) is 10.6 Å². The normalized spacial score (nSPS) is 19.0. The highest BCUT2D eigenvalue weighted by atomic mass is 32.2. The van der Waals surface area contributed by atoms with E-state index in [0.717, 1.165) is 31.2 Å². The first kappa shape index (κ1) is 28.3. The second kappa shape index (κ2) is 13.4. The van der Waals surface area contributed by atoms with E-state index in [2.05, 4.69) is 11.4 Å². The Hall–Kier alpha value is -3.28. The Bertz CT molecular complexity index is 1430. The molecule has 0 aliphatic carbocycles. The van der Waals surface area contributed by atoms with Gasteiger partial charge in [0, 0.05) is 36.3 Å². The molecule has 1 saturated heterocycles. The number of para-hydroxylation sites is 1. The van der Waals surface area contributed by atoms with E-state index in [1.807, 2.05) is 60.7 Å². The van der Waals surface area contributed by atoms with Crippen LogP contribution in [0, 0.1) is 0 Å². The molecule has 0 saturated carbocycles. The van der Waals surface area contributed by atoms with E-state index >= 15 is 0 Å². The zero-order chi connectivity index (χ0) is 27.9. The highest BCUT2D eigenvalue weighted by Gasteiger charge is 2.32. The van der Waals surface area contributed by atoms with Crippen LogP contribution in [0.1, 0.15) is 54.8 Å². The van der Waals surface area contributed by atoms with Crippen molar-refractivity contribution in [3.63, 3.8) is 0 Å². The van der Waals surface area contributed by atoms with Crippen LogP contribution in [0.5, 0.6) is 0 Å². The molecule has 5 rings (SSSR count). The third kappa shape index (κ3) is 7.47. The van der Waals surface area contributed by atoms with Crippen molar-refractivity contribution < 1.29 is 29.3 Å². The zero-order valence-electron chi connectivity index (χ0n) is 21.7. The van der Waals surface area contributed by atoms with Gasteiger partial charge < -0.3 is 25.0 Å². The SMILES string of the molecule is O=C(O)CCCC(=O)Nc1cccc([C@H]2O[C@@H](CSc3nc4ccccc4s3)C[C@@H](c3ccc(CO)cc3)O2)c1. The number of hydrogen-bond donors (Lipinski definition) is 3. The predicted octanol–water partition coefficient (Wildman–Crippen LogP) is 6.32. The molecule has 4 aromatic rings. The molecule has 1 amide bonds. The average Bonchev–Trinajstić information content (AvgIpc) is 3.39. The molecule has 1 fully saturated rings. The number of amides is 1. The van der Waals surface area contributed by atoms with Gasteiger partial charge >= 0.3 is 5.97 Å².